The highest BCUT2D eigenvalue weighted by Crippen LogP contribution is 2.32. The number of nitrogens with one attached hydrogen (secondary N) is 1. The van der Waals surface area contributed by atoms with Crippen molar-refractivity contribution in [1.29, 1.82) is 0 Å². The van der Waals surface area contributed by atoms with Gasteiger partial charge in [0.1, 0.15) is 0 Å². The number of aromatic nitrogens is 1. The van der Waals surface area contributed by atoms with Crippen LogP contribution >= 0.6 is 0 Å². The SMILES string of the molecule is CCC[C@@H](CCCN(CC)CC)Nc1c2ccccc2nc2ccccc12. The summed E-state index contributed by atoms with van der Waals surface area (Å²) < 4.78 is 0. The van der Waals surface area contributed by atoms with Crippen LogP contribution in [0.3, 0.4) is 0 Å². The van der Waals surface area contributed by atoms with E-state index < -0.39 is 0 Å². The third kappa shape index (κ3) is 4.78. The monoisotopic (exact) mass is 363 g/mol. The highest BCUT2D eigenvalue weighted by Gasteiger charge is 2.14. The van der Waals surface area contributed by atoms with Crippen molar-refractivity contribution in [3.8, 4) is 0 Å². The van der Waals surface area contributed by atoms with Crippen LogP contribution in [0.2, 0.25) is 0 Å². The normalized spacial score (nSPS) is 12.7. The number of anilines is 1. The molecule has 2 aromatic carbocycles. The maximum atomic E-state index is 4.85. The Balaban J connectivity index is 1.87. The average Bonchev–Trinajstić information content (AvgIpc) is 2.71. The number of fused-ring (bicyclic) bond motifs is 2. The first-order valence-corrected chi connectivity index (χ1v) is 10.5. The number of hydrogen-bond donors (Lipinski definition) is 1. The van der Waals surface area contributed by atoms with E-state index in [0.717, 1.165) is 24.1 Å². The average molecular weight is 364 g/mol. The molecule has 0 aliphatic rings. The smallest absolute Gasteiger partial charge is 0.0730 e. The standard InChI is InChI=1S/C24H33N3/c1-4-12-19(13-11-18-27(5-2)6-3)25-24-20-14-7-9-16-22(20)26-23-17-10-8-15-21(23)24/h7-10,14-17,19H,4-6,11-13,18H2,1-3H3,(H,25,26)/t19-/m0/s1. The fourth-order valence-corrected chi connectivity index (χ4v) is 3.94. The lowest BCUT2D eigenvalue weighted by molar-refractivity contribution is 0.293. The zero-order chi connectivity index (χ0) is 19.1. The van der Waals surface area contributed by atoms with Crippen LogP contribution in [0.25, 0.3) is 21.8 Å². The Kier molecular flexibility index (Phi) is 7.05. The first-order chi connectivity index (χ1) is 13.3. The highest BCUT2D eigenvalue weighted by molar-refractivity contribution is 6.07. The highest BCUT2D eigenvalue weighted by atomic mass is 15.1. The Labute approximate surface area is 163 Å². The molecule has 0 saturated heterocycles. The van der Waals surface area contributed by atoms with Crippen LogP contribution in [0.1, 0.15) is 46.5 Å². The molecular formula is C24H33N3. The fraction of sp³-hybridized carbons (Fsp3) is 0.458. The van der Waals surface area contributed by atoms with Gasteiger partial charge in [-0.15, -0.1) is 0 Å². The van der Waals surface area contributed by atoms with Crippen LogP contribution in [0, 0.1) is 0 Å². The van der Waals surface area contributed by atoms with Crippen LogP contribution in [0.5, 0.6) is 0 Å². The fourth-order valence-electron chi connectivity index (χ4n) is 3.94. The lowest BCUT2D eigenvalue weighted by Gasteiger charge is -2.24. The van der Waals surface area contributed by atoms with Crippen LogP contribution in [0.4, 0.5) is 5.69 Å². The minimum atomic E-state index is 0.500. The number of rotatable bonds is 10. The maximum absolute atomic E-state index is 4.85. The molecule has 0 amide bonds. The van der Waals surface area contributed by atoms with Gasteiger partial charge in [0.05, 0.1) is 16.7 Å². The predicted octanol–water partition coefficient (Wildman–Crippen LogP) is 6.09. The molecule has 0 aliphatic heterocycles. The van der Waals surface area contributed by atoms with Crippen molar-refractivity contribution in [2.45, 2.75) is 52.5 Å². The van der Waals surface area contributed by atoms with Gasteiger partial charge in [0.2, 0.25) is 0 Å². The lowest BCUT2D eigenvalue weighted by atomic mass is 10.0. The Morgan fingerprint density at radius 1 is 0.852 bits per heavy atom. The van der Waals surface area contributed by atoms with Gasteiger partial charge in [0.15, 0.2) is 0 Å². The molecule has 1 atom stereocenters. The van der Waals surface area contributed by atoms with Crippen LogP contribution in [0.15, 0.2) is 48.5 Å². The van der Waals surface area contributed by atoms with E-state index >= 15 is 0 Å². The van der Waals surface area contributed by atoms with Gasteiger partial charge < -0.3 is 10.2 Å². The van der Waals surface area contributed by atoms with Crippen molar-refractivity contribution in [2.75, 3.05) is 25.0 Å². The van der Waals surface area contributed by atoms with E-state index in [1.165, 1.54) is 48.7 Å². The molecule has 3 rings (SSSR count). The van der Waals surface area contributed by atoms with Crippen molar-refractivity contribution in [2.24, 2.45) is 0 Å². The Morgan fingerprint density at radius 3 is 2.00 bits per heavy atom. The summed E-state index contributed by atoms with van der Waals surface area (Å²) in [6.07, 6.45) is 4.84. The second-order valence-corrected chi connectivity index (χ2v) is 7.32. The predicted molar refractivity (Wildman–Crippen MR) is 119 cm³/mol. The van der Waals surface area contributed by atoms with Crippen LogP contribution < -0.4 is 5.32 Å². The lowest BCUT2D eigenvalue weighted by Crippen LogP contribution is -2.26. The largest absolute Gasteiger partial charge is 0.381 e. The van der Waals surface area contributed by atoms with Crippen molar-refractivity contribution in [3.63, 3.8) is 0 Å². The summed E-state index contributed by atoms with van der Waals surface area (Å²) in [5.41, 5.74) is 3.38. The summed E-state index contributed by atoms with van der Waals surface area (Å²) in [7, 11) is 0. The summed E-state index contributed by atoms with van der Waals surface area (Å²) in [6.45, 7) is 10.2. The van der Waals surface area contributed by atoms with Crippen molar-refractivity contribution >= 4 is 27.5 Å². The number of pyridine rings is 1. The van der Waals surface area contributed by atoms with Gasteiger partial charge in [-0.05, 0) is 51.0 Å². The Bertz CT molecular complexity index is 800. The molecule has 0 radical (unpaired) electrons. The van der Waals surface area contributed by atoms with Gasteiger partial charge in [0, 0.05) is 16.8 Å². The quantitative estimate of drug-likeness (QED) is 0.442. The molecular weight excluding hydrogens is 330 g/mol. The Morgan fingerprint density at radius 2 is 1.44 bits per heavy atom. The molecule has 0 bridgehead atoms. The van der Waals surface area contributed by atoms with E-state index in [1.54, 1.807) is 0 Å². The molecule has 3 heteroatoms. The zero-order valence-corrected chi connectivity index (χ0v) is 17.0. The van der Waals surface area contributed by atoms with Gasteiger partial charge >= 0.3 is 0 Å². The van der Waals surface area contributed by atoms with Gasteiger partial charge in [-0.3, -0.25) is 0 Å². The zero-order valence-electron chi connectivity index (χ0n) is 17.0. The summed E-state index contributed by atoms with van der Waals surface area (Å²) in [5, 5.41) is 6.36. The molecule has 3 aromatic rings. The van der Waals surface area contributed by atoms with E-state index in [9.17, 15) is 0 Å². The minimum Gasteiger partial charge on any atom is -0.381 e. The summed E-state index contributed by atoms with van der Waals surface area (Å²) in [5.74, 6) is 0. The second kappa shape index (κ2) is 9.70. The first-order valence-electron chi connectivity index (χ1n) is 10.5. The van der Waals surface area contributed by atoms with Gasteiger partial charge in [-0.1, -0.05) is 63.6 Å². The van der Waals surface area contributed by atoms with Gasteiger partial charge in [-0.2, -0.15) is 0 Å². The van der Waals surface area contributed by atoms with Gasteiger partial charge in [0.25, 0.3) is 0 Å². The molecule has 0 saturated carbocycles. The Hall–Kier alpha value is -2.13. The summed E-state index contributed by atoms with van der Waals surface area (Å²) in [4.78, 5) is 7.37. The minimum absolute atomic E-state index is 0.500. The summed E-state index contributed by atoms with van der Waals surface area (Å²) >= 11 is 0. The molecule has 144 valence electrons. The molecule has 0 unspecified atom stereocenters. The number of para-hydroxylation sites is 2. The van der Waals surface area contributed by atoms with Crippen molar-refractivity contribution in [1.82, 2.24) is 9.88 Å². The van der Waals surface area contributed by atoms with E-state index in [1.807, 2.05) is 0 Å². The molecule has 1 N–H and O–H groups in total. The molecule has 3 nitrogen and oxygen atoms in total. The topological polar surface area (TPSA) is 28.2 Å². The third-order valence-electron chi connectivity index (χ3n) is 5.49. The van der Waals surface area contributed by atoms with E-state index in [4.69, 9.17) is 4.98 Å². The van der Waals surface area contributed by atoms with Crippen LogP contribution in [-0.4, -0.2) is 35.6 Å². The third-order valence-corrected chi connectivity index (χ3v) is 5.49. The summed E-state index contributed by atoms with van der Waals surface area (Å²) in [6, 6.07) is 17.5. The van der Waals surface area contributed by atoms with Crippen molar-refractivity contribution < 1.29 is 0 Å². The molecule has 1 heterocycles. The number of nitrogens with zero attached hydrogens (tertiary/aromatic N) is 2. The molecule has 1 aromatic heterocycles. The maximum Gasteiger partial charge on any atom is 0.0730 e. The molecule has 27 heavy (non-hydrogen) atoms. The molecule has 0 aliphatic carbocycles. The van der Waals surface area contributed by atoms with Crippen molar-refractivity contribution in [3.05, 3.63) is 48.5 Å². The number of hydrogen-bond acceptors (Lipinski definition) is 3. The number of benzene rings is 2. The van der Waals surface area contributed by atoms with E-state index in [-0.39, 0.29) is 0 Å². The van der Waals surface area contributed by atoms with E-state index in [0.29, 0.717) is 6.04 Å². The second-order valence-electron chi connectivity index (χ2n) is 7.32. The molecule has 0 spiro atoms. The van der Waals surface area contributed by atoms with E-state index in [2.05, 4.69) is 79.5 Å². The first kappa shape index (κ1) is 19.6. The molecule has 0 fully saturated rings. The van der Waals surface area contributed by atoms with Crippen LogP contribution in [-0.2, 0) is 0 Å². The van der Waals surface area contributed by atoms with Gasteiger partial charge in [-0.25, -0.2) is 4.98 Å².